The first-order chi connectivity index (χ1) is 13.6. The quantitative estimate of drug-likeness (QED) is 0.504. The summed E-state index contributed by atoms with van der Waals surface area (Å²) in [4.78, 5) is 13.3. The van der Waals surface area contributed by atoms with Crippen LogP contribution in [0, 0.1) is 5.41 Å². The van der Waals surface area contributed by atoms with Gasteiger partial charge in [-0.25, -0.2) is 0 Å². The molecule has 3 aromatic carbocycles. The third-order valence-corrected chi connectivity index (χ3v) is 5.58. The molecule has 28 heavy (non-hydrogen) atoms. The van der Waals surface area contributed by atoms with Crippen molar-refractivity contribution in [3.8, 4) is 0 Å². The van der Waals surface area contributed by atoms with E-state index in [1.54, 1.807) is 0 Å². The molecule has 0 unspecified atom stereocenters. The van der Waals surface area contributed by atoms with E-state index < -0.39 is 0 Å². The fourth-order valence-electron chi connectivity index (χ4n) is 4.45. The Bertz CT molecular complexity index is 943. The highest BCUT2D eigenvalue weighted by atomic mass is 16.1. The first-order valence-corrected chi connectivity index (χ1v) is 9.97. The van der Waals surface area contributed by atoms with Crippen LogP contribution in [-0.2, 0) is 4.79 Å². The summed E-state index contributed by atoms with van der Waals surface area (Å²) in [5.41, 5.74) is 5.63. The van der Waals surface area contributed by atoms with E-state index in [9.17, 15) is 4.79 Å². The second-order valence-electron chi connectivity index (χ2n) is 8.46. The van der Waals surface area contributed by atoms with Crippen LogP contribution in [0.4, 0.5) is 0 Å². The molecule has 0 atom stereocenters. The summed E-state index contributed by atoms with van der Waals surface area (Å²) in [5.74, 6) is 0.343. The summed E-state index contributed by atoms with van der Waals surface area (Å²) in [6.45, 7) is 4.42. The van der Waals surface area contributed by atoms with Gasteiger partial charge in [0.2, 0.25) is 0 Å². The molecule has 0 fully saturated rings. The Morgan fingerprint density at radius 3 is 1.64 bits per heavy atom. The number of benzene rings is 3. The average molecular weight is 367 g/mol. The number of Topliss-reactive ketones (excluding diaryl/α,β-unsaturated/α-hetero) is 1. The predicted molar refractivity (Wildman–Crippen MR) is 116 cm³/mol. The van der Waals surface area contributed by atoms with E-state index >= 15 is 0 Å². The van der Waals surface area contributed by atoms with Gasteiger partial charge in [-0.2, -0.15) is 0 Å². The topological polar surface area (TPSA) is 17.1 Å². The second kappa shape index (κ2) is 7.59. The lowest BCUT2D eigenvalue weighted by Gasteiger charge is -2.36. The lowest BCUT2D eigenvalue weighted by atomic mass is 9.67. The van der Waals surface area contributed by atoms with Gasteiger partial charge in [0.25, 0.3) is 0 Å². The first kappa shape index (κ1) is 18.4. The highest BCUT2D eigenvalue weighted by Gasteiger charge is 2.37. The molecule has 0 aromatic heterocycles. The van der Waals surface area contributed by atoms with Crippen LogP contribution < -0.4 is 0 Å². The van der Waals surface area contributed by atoms with Gasteiger partial charge in [0.1, 0.15) is 0 Å². The molecule has 0 bridgehead atoms. The molecule has 0 heterocycles. The van der Waals surface area contributed by atoms with Crippen LogP contribution in [0.5, 0.6) is 0 Å². The van der Waals surface area contributed by atoms with Crippen molar-refractivity contribution in [2.75, 3.05) is 0 Å². The van der Waals surface area contributed by atoms with Gasteiger partial charge in [0.15, 0.2) is 5.78 Å². The van der Waals surface area contributed by atoms with Gasteiger partial charge in [-0.1, -0.05) is 105 Å². The molecule has 1 heteroatoms. The van der Waals surface area contributed by atoms with Crippen LogP contribution >= 0.6 is 0 Å². The van der Waals surface area contributed by atoms with E-state index in [1.165, 1.54) is 16.7 Å². The third kappa shape index (κ3) is 3.71. The molecule has 140 valence electrons. The van der Waals surface area contributed by atoms with Crippen molar-refractivity contribution in [2.45, 2.75) is 32.6 Å². The SMILES string of the molecule is CC1(C)CC(=O)C(c2ccccc2)=C(C(c2ccccc2)c2ccccc2)C1. The predicted octanol–water partition coefficient (Wildman–Crippen LogP) is 6.66. The standard InChI is InChI=1S/C27H26O/c1-27(2)18-23(26(24(28)19-27)22-16-10-5-11-17-22)25(20-12-6-3-7-13-20)21-14-8-4-9-15-21/h3-17,25H,18-19H2,1-2H3. The molecule has 3 aromatic rings. The molecule has 0 N–H and O–H groups in total. The maximum atomic E-state index is 13.3. The van der Waals surface area contributed by atoms with E-state index in [-0.39, 0.29) is 17.1 Å². The van der Waals surface area contributed by atoms with Crippen molar-refractivity contribution in [2.24, 2.45) is 5.41 Å². The minimum absolute atomic E-state index is 0.0352. The van der Waals surface area contributed by atoms with Gasteiger partial charge in [0, 0.05) is 17.9 Å². The monoisotopic (exact) mass is 366 g/mol. The highest BCUT2D eigenvalue weighted by Crippen LogP contribution is 2.47. The molecule has 0 saturated carbocycles. The molecule has 0 aliphatic heterocycles. The summed E-state index contributed by atoms with van der Waals surface area (Å²) >= 11 is 0. The molecule has 0 saturated heterocycles. The van der Waals surface area contributed by atoms with E-state index in [2.05, 4.69) is 74.5 Å². The van der Waals surface area contributed by atoms with E-state index in [1.807, 2.05) is 30.3 Å². The minimum Gasteiger partial charge on any atom is -0.294 e. The Morgan fingerprint density at radius 2 is 1.14 bits per heavy atom. The van der Waals surface area contributed by atoms with Gasteiger partial charge in [-0.3, -0.25) is 4.79 Å². The van der Waals surface area contributed by atoms with Crippen molar-refractivity contribution in [1.82, 2.24) is 0 Å². The number of hydrogen-bond donors (Lipinski definition) is 0. The normalized spacial score (nSPS) is 16.5. The van der Waals surface area contributed by atoms with Crippen LogP contribution in [-0.4, -0.2) is 5.78 Å². The fraction of sp³-hybridized carbons (Fsp3) is 0.222. The summed E-state index contributed by atoms with van der Waals surface area (Å²) in [6.07, 6.45) is 1.51. The average Bonchev–Trinajstić information content (AvgIpc) is 2.69. The zero-order chi connectivity index (χ0) is 19.6. The molecule has 0 radical (unpaired) electrons. The Morgan fingerprint density at radius 1 is 0.679 bits per heavy atom. The van der Waals surface area contributed by atoms with Gasteiger partial charge in [0.05, 0.1) is 0 Å². The van der Waals surface area contributed by atoms with Crippen molar-refractivity contribution in [1.29, 1.82) is 0 Å². The Labute approximate surface area is 167 Å². The molecule has 0 amide bonds. The number of ketones is 1. The van der Waals surface area contributed by atoms with Crippen LogP contribution in [0.25, 0.3) is 5.57 Å². The molecule has 1 nitrogen and oxygen atoms in total. The van der Waals surface area contributed by atoms with Gasteiger partial charge >= 0.3 is 0 Å². The Hall–Kier alpha value is -2.93. The second-order valence-corrected chi connectivity index (χ2v) is 8.46. The fourth-order valence-corrected chi connectivity index (χ4v) is 4.45. The Balaban J connectivity index is 1.99. The molecule has 0 spiro atoms. The number of rotatable bonds is 4. The number of carbonyl (C=O) groups is 1. The molecular formula is C27H26O. The van der Waals surface area contributed by atoms with Gasteiger partial charge in [-0.15, -0.1) is 0 Å². The van der Waals surface area contributed by atoms with Gasteiger partial charge < -0.3 is 0 Å². The largest absolute Gasteiger partial charge is 0.294 e. The number of carbonyl (C=O) groups excluding carboxylic acids is 1. The number of allylic oxidation sites excluding steroid dienone is 2. The summed E-state index contributed by atoms with van der Waals surface area (Å²) < 4.78 is 0. The summed E-state index contributed by atoms with van der Waals surface area (Å²) in [5, 5.41) is 0. The van der Waals surface area contributed by atoms with Crippen molar-refractivity contribution >= 4 is 11.4 Å². The van der Waals surface area contributed by atoms with Crippen molar-refractivity contribution in [3.63, 3.8) is 0 Å². The van der Waals surface area contributed by atoms with Crippen LogP contribution in [0.15, 0.2) is 96.6 Å². The minimum atomic E-state index is -0.0352. The molecule has 1 aliphatic rings. The smallest absolute Gasteiger partial charge is 0.164 e. The van der Waals surface area contributed by atoms with E-state index in [4.69, 9.17) is 0 Å². The highest BCUT2D eigenvalue weighted by molar-refractivity contribution is 6.23. The lowest BCUT2D eigenvalue weighted by molar-refractivity contribution is -0.116. The van der Waals surface area contributed by atoms with Crippen molar-refractivity contribution in [3.05, 3.63) is 113 Å². The maximum absolute atomic E-state index is 13.3. The third-order valence-electron chi connectivity index (χ3n) is 5.58. The number of hydrogen-bond acceptors (Lipinski definition) is 1. The summed E-state index contributed by atoms with van der Waals surface area (Å²) in [6, 6.07) is 31.4. The first-order valence-electron chi connectivity index (χ1n) is 9.97. The van der Waals surface area contributed by atoms with Crippen molar-refractivity contribution < 1.29 is 4.79 Å². The molecule has 1 aliphatic carbocycles. The zero-order valence-corrected chi connectivity index (χ0v) is 16.6. The van der Waals surface area contributed by atoms with E-state index in [0.717, 1.165) is 17.6 Å². The van der Waals surface area contributed by atoms with E-state index in [0.29, 0.717) is 6.42 Å². The Kier molecular flexibility index (Phi) is 5.00. The van der Waals surface area contributed by atoms with Crippen LogP contribution in [0.2, 0.25) is 0 Å². The van der Waals surface area contributed by atoms with Crippen LogP contribution in [0.1, 0.15) is 49.3 Å². The molecular weight excluding hydrogens is 340 g/mol. The van der Waals surface area contributed by atoms with Gasteiger partial charge in [-0.05, 0) is 34.1 Å². The zero-order valence-electron chi connectivity index (χ0n) is 16.6. The lowest BCUT2D eigenvalue weighted by Crippen LogP contribution is -2.27. The maximum Gasteiger partial charge on any atom is 0.164 e. The molecule has 4 rings (SSSR count). The van der Waals surface area contributed by atoms with Crippen LogP contribution in [0.3, 0.4) is 0 Å². The summed E-state index contributed by atoms with van der Waals surface area (Å²) in [7, 11) is 0.